The van der Waals surface area contributed by atoms with E-state index in [0.29, 0.717) is 18.1 Å². The fourth-order valence-corrected chi connectivity index (χ4v) is 1.91. The minimum atomic E-state index is -0.397. The van der Waals surface area contributed by atoms with E-state index in [1.54, 1.807) is 14.2 Å². The monoisotopic (exact) mass is 260 g/mol. The van der Waals surface area contributed by atoms with Crippen LogP contribution in [0.15, 0.2) is 41.2 Å². The summed E-state index contributed by atoms with van der Waals surface area (Å²) in [6, 6.07) is 11.0. The maximum absolute atomic E-state index is 11.6. The molecular weight excluding hydrogens is 244 g/mol. The highest BCUT2D eigenvalue weighted by atomic mass is 16.5. The Morgan fingerprint density at radius 3 is 2.63 bits per heavy atom. The van der Waals surface area contributed by atoms with Crippen molar-refractivity contribution in [2.75, 3.05) is 14.2 Å². The smallest absolute Gasteiger partial charge is 0.251 e. The van der Waals surface area contributed by atoms with Crippen molar-refractivity contribution in [1.29, 1.82) is 0 Å². The summed E-state index contributed by atoms with van der Waals surface area (Å²) in [6.07, 6.45) is -0.397. The molecule has 0 radical (unpaired) electrons. The Morgan fingerprint density at radius 1 is 1.26 bits per heavy atom. The summed E-state index contributed by atoms with van der Waals surface area (Å²) in [4.78, 5) is 18.7. The molecule has 0 aliphatic carbocycles. The first-order chi connectivity index (χ1) is 9.24. The van der Waals surface area contributed by atoms with Gasteiger partial charge in [0.1, 0.15) is 11.9 Å². The summed E-state index contributed by atoms with van der Waals surface area (Å²) in [5, 5.41) is 0. The standard InChI is InChI=1S/C14H16N2O3/c1-18-9-11-8-12(17)16-14(15-11)13(19-2)10-6-4-3-5-7-10/h3-8,13H,9H2,1-2H3,(H,15,16,17). The van der Waals surface area contributed by atoms with Crippen LogP contribution in [-0.4, -0.2) is 24.2 Å². The predicted molar refractivity (Wildman–Crippen MR) is 70.9 cm³/mol. The Balaban J connectivity index is 2.41. The molecule has 5 nitrogen and oxygen atoms in total. The molecule has 100 valence electrons. The number of hydrogen-bond acceptors (Lipinski definition) is 4. The zero-order valence-corrected chi connectivity index (χ0v) is 10.9. The van der Waals surface area contributed by atoms with E-state index in [4.69, 9.17) is 9.47 Å². The van der Waals surface area contributed by atoms with Crippen LogP contribution in [0, 0.1) is 0 Å². The Hall–Kier alpha value is -1.98. The predicted octanol–water partition coefficient (Wildman–Crippen LogP) is 1.65. The van der Waals surface area contributed by atoms with E-state index >= 15 is 0 Å². The summed E-state index contributed by atoms with van der Waals surface area (Å²) in [5.41, 5.74) is 1.30. The van der Waals surface area contributed by atoms with Gasteiger partial charge in [0.05, 0.1) is 12.3 Å². The molecule has 1 aromatic heterocycles. The average molecular weight is 260 g/mol. The third-order valence-corrected chi connectivity index (χ3v) is 2.69. The van der Waals surface area contributed by atoms with Crippen LogP contribution in [0.3, 0.4) is 0 Å². The number of benzene rings is 1. The quantitative estimate of drug-likeness (QED) is 0.887. The van der Waals surface area contributed by atoms with Crippen LogP contribution >= 0.6 is 0 Å². The largest absolute Gasteiger partial charge is 0.378 e. The van der Waals surface area contributed by atoms with Gasteiger partial charge in [-0.15, -0.1) is 0 Å². The van der Waals surface area contributed by atoms with Gasteiger partial charge in [-0.25, -0.2) is 4.98 Å². The number of nitrogens with zero attached hydrogens (tertiary/aromatic N) is 1. The van der Waals surface area contributed by atoms with Gasteiger partial charge in [0.15, 0.2) is 0 Å². The molecule has 1 aromatic carbocycles. The zero-order chi connectivity index (χ0) is 13.7. The summed E-state index contributed by atoms with van der Waals surface area (Å²) < 4.78 is 10.4. The van der Waals surface area contributed by atoms with Crippen molar-refractivity contribution in [3.63, 3.8) is 0 Å². The zero-order valence-electron chi connectivity index (χ0n) is 10.9. The number of aromatic amines is 1. The van der Waals surface area contributed by atoms with Crippen LogP contribution in [-0.2, 0) is 16.1 Å². The molecule has 1 unspecified atom stereocenters. The highest BCUT2D eigenvalue weighted by Crippen LogP contribution is 2.21. The van der Waals surface area contributed by atoms with Gasteiger partial charge in [-0.3, -0.25) is 4.79 Å². The molecule has 0 bridgehead atoms. The molecule has 1 N–H and O–H groups in total. The van der Waals surface area contributed by atoms with E-state index in [1.165, 1.54) is 6.07 Å². The summed E-state index contributed by atoms with van der Waals surface area (Å²) in [5.74, 6) is 0.480. The molecule has 1 heterocycles. The van der Waals surface area contributed by atoms with Crippen LogP contribution < -0.4 is 5.56 Å². The van der Waals surface area contributed by atoms with Crippen molar-refractivity contribution < 1.29 is 9.47 Å². The second-order valence-corrected chi connectivity index (χ2v) is 4.08. The molecule has 0 spiro atoms. The first-order valence-corrected chi connectivity index (χ1v) is 5.91. The fourth-order valence-electron chi connectivity index (χ4n) is 1.91. The van der Waals surface area contributed by atoms with Crippen molar-refractivity contribution in [3.05, 3.63) is 63.8 Å². The van der Waals surface area contributed by atoms with Crippen molar-refractivity contribution >= 4 is 0 Å². The summed E-state index contributed by atoms with van der Waals surface area (Å²) in [7, 11) is 3.15. The molecule has 2 rings (SSSR count). The van der Waals surface area contributed by atoms with E-state index in [0.717, 1.165) is 5.56 Å². The molecule has 19 heavy (non-hydrogen) atoms. The van der Waals surface area contributed by atoms with Gasteiger partial charge >= 0.3 is 0 Å². The third kappa shape index (κ3) is 3.27. The molecule has 0 saturated heterocycles. The minimum Gasteiger partial charge on any atom is -0.378 e. The number of hydrogen-bond donors (Lipinski definition) is 1. The molecule has 0 aliphatic heterocycles. The van der Waals surface area contributed by atoms with Gasteiger partial charge < -0.3 is 14.5 Å². The van der Waals surface area contributed by atoms with Crippen molar-refractivity contribution in [2.24, 2.45) is 0 Å². The molecule has 2 aromatic rings. The van der Waals surface area contributed by atoms with Crippen molar-refractivity contribution in [2.45, 2.75) is 12.7 Å². The fraction of sp³-hybridized carbons (Fsp3) is 0.286. The molecular formula is C14H16N2O3. The Labute approximate surface area is 111 Å². The number of aromatic nitrogens is 2. The number of nitrogens with one attached hydrogen (secondary N) is 1. The van der Waals surface area contributed by atoms with Gasteiger partial charge in [-0.1, -0.05) is 30.3 Å². The summed E-state index contributed by atoms with van der Waals surface area (Å²) in [6.45, 7) is 0.294. The molecule has 1 atom stereocenters. The highest BCUT2D eigenvalue weighted by Gasteiger charge is 2.16. The number of H-pyrrole nitrogens is 1. The van der Waals surface area contributed by atoms with E-state index in [2.05, 4.69) is 9.97 Å². The van der Waals surface area contributed by atoms with Crippen LogP contribution in [0.25, 0.3) is 0 Å². The van der Waals surface area contributed by atoms with E-state index < -0.39 is 6.10 Å². The maximum Gasteiger partial charge on any atom is 0.251 e. The normalized spacial score (nSPS) is 12.3. The third-order valence-electron chi connectivity index (χ3n) is 2.69. The second kappa shape index (κ2) is 6.26. The molecule has 0 amide bonds. The molecule has 0 aliphatic rings. The molecule has 0 saturated carbocycles. The Bertz CT molecular complexity index is 581. The van der Waals surface area contributed by atoms with Gasteiger partial charge in [0.25, 0.3) is 5.56 Å². The summed E-state index contributed by atoms with van der Waals surface area (Å²) >= 11 is 0. The van der Waals surface area contributed by atoms with Crippen LogP contribution in [0.2, 0.25) is 0 Å². The van der Waals surface area contributed by atoms with Crippen LogP contribution in [0.4, 0.5) is 0 Å². The van der Waals surface area contributed by atoms with Gasteiger partial charge in [0.2, 0.25) is 0 Å². The van der Waals surface area contributed by atoms with E-state index in [9.17, 15) is 4.79 Å². The van der Waals surface area contributed by atoms with Gasteiger partial charge in [-0.05, 0) is 5.56 Å². The first-order valence-electron chi connectivity index (χ1n) is 5.91. The topological polar surface area (TPSA) is 64.2 Å². The average Bonchev–Trinajstić information content (AvgIpc) is 2.40. The molecule has 5 heteroatoms. The number of rotatable bonds is 5. The lowest BCUT2D eigenvalue weighted by molar-refractivity contribution is 0.127. The lowest BCUT2D eigenvalue weighted by Crippen LogP contribution is -2.17. The minimum absolute atomic E-state index is 0.213. The lowest BCUT2D eigenvalue weighted by atomic mass is 10.1. The number of ether oxygens (including phenoxy) is 2. The molecule has 0 fully saturated rings. The van der Waals surface area contributed by atoms with E-state index in [1.807, 2.05) is 30.3 Å². The van der Waals surface area contributed by atoms with Crippen molar-refractivity contribution in [1.82, 2.24) is 9.97 Å². The van der Waals surface area contributed by atoms with Crippen molar-refractivity contribution in [3.8, 4) is 0 Å². The van der Waals surface area contributed by atoms with Crippen LogP contribution in [0.1, 0.15) is 23.2 Å². The Morgan fingerprint density at radius 2 is 2.00 bits per heavy atom. The van der Waals surface area contributed by atoms with Gasteiger partial charge in [-0.2, -0.15) is 0 Å². The number of methoxy groups -OCH3 is 2. The SMILES string of the molecule is COCc1cc(=O)[nH]c(C(OC)c2ccccc2)n1. The van der Waals surface area contributed by atoms with Gasteiger partial charge in [0, 0.05) is 20.3 Å². The maximum atomic E-state index is 11.6. The second-order valence-electron chi connectivity index (χ2n) is 4.08. The van der Waals surface area contributed by atoms with Crippen LogP contribution in [0.5, 0.6) is 0 Å². The lowest BCUT2D eigenvalue weighted by Gasteiger charge is -2.15. The van der Waals surface area contributed by atoms with E-state index in [-0.39, 0.29) is 5.56 Å². The Kier molecular flexibility index (Phi) is 4.43. The first kappa shape index (κ1) is 13.5. The highest BCUT2D eigenvalue weighted by molar-refractivity contribution is 5.23.